The standard InChI is InChI=1S/C10H10N6/c1-2-16(10-14-6-12-7-15-10)4-8-3-11-5-13-9(1)8/h3,5-7H,1-2,4H2. The molecule has 0 bridgehead atoms. The summed E-state index contributed by atoms with van der Waals surface area (Å²) in [5.74, 6) is 0.713. The van der Waals surface area contributed by atoms with Crippen LogP contribution in [0.15, 0.2) is 25.2 Å². The van der Waals surface area contributed by atoms with Crippen LogP contribution in [0.2, 0.25) is 0 Å². The van der Waals surface area contributed by atoms with E-state index in [2.05, 4.69) is 29.8 Å². The third-order valence-electron chi connectivity index (χ3n) is 2.62. The second-order valence-corrected chi connectivity index (χ2v) is 3.60. The van der Waals surface area contributed by atoms with Crippen LogP contribution in [-0.2, 0) is 13.0 Å². The first kappa shape index (κ1) is 9.14. The van der Waals surface area contributed by atoms with E-state index in [9.17, 15) is 0 Å². The lowest BCUT2D eigenvalue weighted by Crippen LogP contribution is -2.32. The molecule has 3 heterocycles. The van der Waals surface area contributed by atoms with Crippen LogP contribution in [0, 0.1) is 0 Å². The van der Waals surface area contributed by atoms with Gasteiger partial charge in [-0.2, -0.15) is 0 Å². The van der Waals surface area contributed by atoms with Crippen molar-refractivity contribution in [1.82, 2.24) is 24.9 Å². The Hall–Kier alpha value is -2.11. The molecule has 80 valence electrons. The van der Waals surface area contributed by atoms with Gasteiger partial charge in [0.25, 0.3) is 0 Å². The molecule has 0 saturated heterocycles. The van der Waals surface area contributed by atoms with E-state index in [1.807, 2.05) is 6.20 Å². The van der Waals surface area contributed by atoms with Gasteiger partial charge in [-0.05, 0) is 0 Å². The van der Waals surface area contributed by atoms with Crippen molar-refractivity contribution in [3.8, 4) is 0 Å². The molecule has 0 radical (unpaired) electrons. The molecule has 0 amide bonds. The van der Waals surface area contributed by atoms with Gasteiger partial charge < -0.3 is 4.90 Å². The monoisotopic (exact) mass is 214 g/mol. The molecule has 0 saturated carbocycles. The Balaban J connectivity index is 1.89. The van der Waals surface area contributed by atoms with E-state index in [4.69, 9.17) is 0 Å². The normalized spacial score (nSPS) is 14.6. The Labute approximate surface area is 92.4 Å². The lowest BCUT2D eigenvalue weighted by molar-refractivity contribution is 0.682. The summed E-state index contributed by atoms with van der Waals surface area (Å²) in [4.78, 5) is 22.5. The third kappa shape index (κ3) is 1.58. The van der Waals surface area contributed by atoms with E-state index >= 15 is 0 Å². The first-order valence-electron chi connectivity index (χ1n) is 5.08. The quantitative estimate of drug-likeness (QED) is 0.676. The number of anilines is 1. The summed E-state index contributed by atoms with van der Waals surface area (Å²) in [6.45, 7) is 1.65. The van der Waals surface area contributed by atoms with Crippen LogP contribution in [0.1, 0.15) is 11.3 Å². The zero-order valence-electron chi connectivity index (χ0n) is 8.61. The Morgan fingerprint density at radius 1 is 1.00 bits per heavy atom. The van der Waals surface area contributed by atoms with E-state index in [1.54, 1.807) is 6.33 Å². The minimum absolute atomic E-state index is 0.713. The SMILES string of the molecule is c1ncnc(N2CCc3ncncc3C2)n1. The van der Waals surface area contributed by atoms with E-state index in [-0.39, 0.29) is 0 Å². The van der Waals surface area contributed by atoms with Gasteiger partial charge in [0, 0.05) is 31.3 Å². The number of nitrogens with zero attached hydrogens (tertiary/aromatic N) is 6. The Morgan fingerprint density at radius 2 is 1.81 bits per heavy atom. The Bertz CT molecular complexity index is 486. The van der Waals surface area contributed by atoms with Gasteiger partial charge in [0.1, 0.15) is 19.0 Å². The maximum Gasteiger partial charge on any atom is 0.228 e. The van der Waals surface area contributed by atoms with Gasteiger partial charge in [0.05, 0.1) is 5.69 Å². The molecule has 6 nitrogen and oxygen atoms in total. The highest BCUT2D eigenvalue weighted by molar-refractivity contribution is 5.35. The van der Waals surface area contributed by atoms with E-state index < -0.39 is 0 Å². The van der Waals surface area contributed by atoms with Crippen molar-refractivity contribution >= 4 is 5.95 Å². The summed E-state index contributed by atoms with van der Waals surface area (Å²) >= 11 is 0. The molecular formula is C10H10N6. The van der Waals surface area contributed by atoms with Crippen molar-refractivity contribution in [1.29, 1.82) is 0 Å². The van der Waals surface area contributed by atoms with Crippen molar-refractivity contribution in [2.24, 2.45) is 0 Å². The average molecular weight is 214 g/mol. The fraction of sp³-hybridized carbons (Fsp3) is 0.300. The largest absolute Gasteiger partial charge is 0.336 e. The molecule has 16 heavy (non-hydrogen) atoms. The smallest absolute Gasteiger partial charge is 0.228 e. The Kier molecular flexibility index (Phi) is 2.17. The molecule has 3 rings (SSSR count). The van der Waals surface area contributed by atoms with E-state index in [1.165, 1.54) is 12.7 Å². The zero-order valence-corrected chi connectivity index (χ0v) is 8.61. The van der Waals surface area contributed by atoms with Crippen LogP contribution in [-0.4, -0.2) is 31.5 Å². The number of rotatable bonds is 1. The maximum absolute atomic E-state index is 4.26. The highest BCUT2D eigenvalue weighted by atomic mass is 15.3. The van der Waals surface area contributed by atoms with Crippen LogP contribution < -0.4 is 4.90 Å². The highest BCUT2D eigenvalue weighted by Gasteiger charge is 2.18. The summed E-state index contributed by atoms with van der Waals surface area (Å²) in [7, 11) is 0. The first-order chi connectivity index (χ1) is 7.93. The number of aromatic nitrogens is 5. The second kappa shape index (κ2) is 3.80. The van der Waals surface area contributed by atoms with Gasteiger partial charge >= 0.3 is 0 Å². The minimum atomic E-state index is 0.713. The summed E-state index contributed by atoms with van der Waals surface area (Å²) in [6, 6.07) is 0. The van der Waals surface area contributed by atoms with Crippen molar-refractivity contribution < 1.29 is 0 Å². The van der Waals surface area contributed by atoms with E-state index in [0.717, 1.165) is 30.8 Å². The van der Waals surface area contributed by atoms with Crippen LogP contribution >= 0.6 is 0 Å². The zero-order chi connectivity index (χ0) is 10.8. The molecule has 1 aliphatic rings. The molecule has 0 aliphatic carbocycles. The molecule has 0 spiro atoms. The van der Waals surface area contributed by atoms with Gasteiger partial charge in [-0.25, -0.2) is 24.9 Å². The second-order valence-electron chi connectivity index (χ2n) is 3.60. The summed E-state index contributed by atoms with van der Waals surface area (Å²) in [5.41, 5.74) is 2.27. The maximum atomic E-state index is 4.26. The van der Waals surface area contributed by atoms with Crippen molar-refractivity contribution in [3.63, 3.8) is 0 Å². The molecule has 0 aromatic carbocycles. The van der Waals surface area contributed by atoms with Crippen LogP contribution in [0.5, 0.6) is 0 Å². The third-order valence-corrected chi connectivity index (χ3v) is 2.62. The van der Waals surface area contributed by atoms with Gasteiger partial charge in [-0.1, -0.05) is 0 Å². The van der Waals surface area contributed by atoms with Gasteiger partial charge in [0.2, 0.25) is 5.95 Å². The number of hydrogen-bond acceptors (Lipinski definition) is 6. The topological polar surface area (TPSA) is 67.7 Å². The predicted molar refractivity (Wildman–Crippen MR) is 56.6 cm³/mol. The van der Waals surface area contributed by atoms with Crippen molar-refractivity contribution in [3.05, 3.63) is 36.4 Å². The summed E-state index contributed by atoms with van der Waals surface area (Å²) < 4.78 is 0. The van der Waals surface area contributed by atoms with Crippen LogP contribution in [0.25, 0.3) is 0 Å². The average Bonchev–Trinajstić information content (AvgIpc) is 2.39. The summed E-state index contributed by atoms with van der Waals surface area (Å²) in [6.07, 6.45) is 7.38. The van der Waals surface area contributed by atoms with Gasteiger partial charge in [-0.15, -0.1) is 0 Å². The fourth-order valence-electron chi connectivity index (χ4n) is 1.83. The van der Waals surface area contributed by atoms with E-state index in [0.29, 0.717) is 5.95 Å². The predicted octanol–water partition coefficient (Wildman–Crippen LogP) is 0.224. The number of fused-ring (bicyclic) bond motifs is 1. The van der Waals surface area contributed by atoms with Gasteiger partial charge in [-0.3, -0.25) is 0 Å². The lowest BCUT2D eigenvalue weighted by atomic mass is 10.1. The minimum Gasteiger partial charge on any atom is -0.336 e. The first-order valence-corrected chi connectivity index (χ1v) is 5.08. The summed E-state index contributed by atoms with van der Waals surface area (Å²) in [5, 5.41) is 0. The molecule has 0 N–H and O–H groups in total. The fourth-order valence-corrected chi connectivity index (χ4v) is 1.83. The molecule has 0 fully saturated rings. The molecule has 0 atom stereocenters. The number of hydrogen-bond donors (Lipinski definition) is 0. The molecule has 6 heteroatoms. The van der Waals surface area contributed by atoms with Crippen molar-refractivity contribution in [2.45, 2.75) is 13.0 Å². The molecular weight excluding hydrogens is 204 g/mol. The lowest BCUT2D eigenvalue weighted by Gasteiger charge is -2.27. The Morgan fingerprint density at radius 3 is 2.69 bits per heavy atom. The van der Waals surface area contributed by atoms with Gasteiger partial charge in [0.15, 0.2) is 0 Å². The highest BCUT2D eigenvalue weighted by Crippen LogP contribution is 2.18. The molecule has 1 aliphatic heterocycles. The molecule has 2 aromatic rings. The van der Waals surface area contributed by atoms with Crippen LogP contribution in [0.3, 0.4) is 0 Å². The van der Waals surface area contributed by atoms with Crippen molar-refractivity contribution in [2.75, 3.05) is 11.4 Å². The van der Waals surface area contributed by atoms with Crippen LogP contribution in [0.4, 0.5) is 5.95 Å². The molecule has 2 aromatic heterocycles. The molecule has 0 unspecified atom stereocenters.